The number of aromatic nitrogens is 1. The highest BCUT2D eigenvalue weighted by atomic mass is 19.1. The number of amides is 1. The number of carbonyl (C=O) groups is 1. The van der Waals surface area contributed by atoms with Crippen LogP contribution in [-0.4, -0.2) is 10.9 Å². The summed E-state index contributed by atoms with van der Waals surface area (Å²) in [6.45, 7) is 1.99. The highest BCUT2D eigenvalue weighted by Gasteiger charge is 2.11. The van der Waals surface area contributed by atoms with Gasteiger partial charge in [-0.1, -0.05) is 12.1 Å². The standard InChI is InChI=1S/C19H15F2N3O/c1-12-3-2-4-14(9-12)23-15-6-8-18(22-11-15)19(25)24-17-7-5-13(20)10-16(17)21/h2-11,23H,1H3,(H,24,25). The molecular weight excluding hydrogens is 324 g/mol. The minimum absolute atomic E-state index is 0.102. The number of rotatable bonds is 4. The van der Waals surface area contributed by atoms with Gasteiger partial charge in [0.25, 0.3) is 5.91 Å². The third kappa shape index (κ3) is 4.17. The molecule has 0 fully saturated rings. The van der Waals surface area contributed by atoms with Crippen molar-refractivity contribution in [3.8, 4) is 0 Å². The molecule has 3 rings (SSSR count). The molecule has 0 aliphatic carbocycles. The van der Waals surface area contributed by atoms with Gasteiger partial charge >= 0.3 is 0 Å². The van der Waals surface area contributed by atoms with Crippen LogP contribution < -0.4 is 10.6 Å². The van der Waals surface area contributed by atoms with E-state index in [0.717, 1.165) is 29.1 Å². The number of hydrogen-bond donors (Lipinski definition) is 2. The first-order valence-corrected chi connectivity index (χ1v) is 7.57. The second kappa shape index (κ2) is 7.09. The molecule has 0 saturated heterocycles. The van der Waals surface area contributed by atoms with E-state index in [2.05, 4.69) is 15.6 Å². The van der Waals surface area contributed by atoms with Crippen molar-refractivity contribution in [1.82, 2.24) is 4.98 Å². The maximum Gasteiger partial charge on any atom is 0.274 e. The average molecular weight is 339 g/mol. The van der Waals surface area contributed by atoms with Gasteiger partial charge in [0, 0.05) is 11.8 Å². The molecule has 0 unspecified atom stereocenters. The predicted octanol–water partition coefficient (Wildman–Crippen LogP) is 4.66. The van der Waals surface area contributed by atoms with Crippen LogP contribution in [0.3, 0.4) is 0 Å². The quantitative estimate of drug-likeness (QED) is 0.727. The van der Waals surface area contributed by atoms with Crippen LogP contribution in [0.1, 0.15) is 16.1 Å². The van der Waals surface area contributed by atoms with Crippen molar-refractivity contribution in [2.45, 2.75) is 6.92 Å². The number of halogens is 2. The zero-order chi connectivity index (χ0) is 17.8. The van der Waals surface area contributed by atoms with E-state index < -0.39 is 17.5 Å². The first kappa shape index (κ1) is 16.6. The summed E-state index contributed by atoms with van der Waals surface area (Å²) in [6.07, 6.45) is 1.51. The molecule has 0 atom stereocenters. The van der Waals surface area contributed by atoms with Crippen molar-refractivity contribution in [3.63, 3.8) is 0 Å². The number of carbonyl (C=O) groups excluding carboxylic acids is 1. The number of pyridine rings is 1. The van der Waals surface area contributed by atoms with E-state index >= 15 is 0 Å². The Balaban J connectivity index is 1.70. The molecule has 0 saturated carbocycles. The lowest BCUT2D eigenvalue weighted by Crippen LogP contribution is -2.14. The van der Waals surface area contributed by atoms with Crippen LogP contribution in [0.15, 0.2) is 60.8 Å². The first-order chi connectivity index (χ1) is 12.0. The van der Waals surface area contributed by atoms with E-state index in [-0.39, 0.29) is 11.4 Å². The molecule has 25 heavy (non-hydrogen) atoms. The van der Waals surface area contributed by atoms with Crippen molar-refractivity contribution in [2.24, 2.45) is 0 Å². The van der Waals surface area contributed by atoms with Crippen LogP contribution >= 0.6 is 0 Å². The summed E-state index contributed by atoms with van der Waals surface area (Å²) in [6, 6.07) is 14.0. The molecule has 1 amide bonds. The molecule has 0 aliphatic heterocycles. The molecule has 2 N–H and O–H groups in total. The second-order valence-electron chi connectivity index (χ2n) is 5.50. The largest absolute Gasteiger partial charge is 0.354 e. The number of hydrogen-bond acceptors (Lipinski definition) is 3. The minimum Gasteiger partial charge on any atom is -0.354 e. The summed E-state index contributed by atoms with van der Waals surface area (Å²) in [5, 5.41) is 5.55. The van der Waals surface area contributed by atoms with Gasteiger partial charge in [-0.25, -0.2) is 13.8 Å². The molecule has 0 aliphatic rings. The van der Waals surface area contributed by atoms with Crippen LogP contribution in [0.25, 0.3) is 0 Å². The van der Waals surface area contributed by atoms with Gasteiger partial charge < -0.3 is 10.6 Å². The summed E-state index contributed by atoms with van der Waals surface area (Å²) in [5.41, 5.74) is 2.77. The Kier molecular flexibility index (Phi) is 4.70. The van der Waals surface area contributed by atoms with Crippen molar-refractivity contribution in [1.29, 1.82) is 0 Å². The van der Waals surface area contributed by atoms with Crippen LogP contribution in [-0.2, 0) is 0 Å². The maximum absolute atomic E-state index is 13.6. The lowest BCUT2D eigenvalue weighted by molar-refractivity contribution is 0.102. The van der Waals surface area contributed by atoms with Gasteiger partial charge in [-0.15, -0.1) is 0 Å². The van der Waals surface area contributed by atoms with Gasteiger partial charge in [-0.05, 0) is 48.9 Å². The number of anilines is 3. The van der Waals surface area contributed by atoms with Crippen LogP contribution in [0.4, 0.5) is 25.8 Å². The van der Waals surface area contributed by atoms with E-state index in [9.17, 15) is 13.6 Å². The van der Waals surface area contributed by atoms with Crippen LogP contribution in [0.2, 0.25) is 0 Å². The fourth-order valence-electron chi connectivity index (χ4n) is 2.27. The SMILES string of the molecule is Cc1cccc(Nc2ccc(C(=O)Nc3ccc(F)cc3F)nc2)c1. The van der Waals surface area contributed by atoms with Crippen molar-refractivity contribution in [2.75, 3.05) is 10.6 Å². The molecule has 4 nitrogen and oxygen atoms in total. The van der Waals surface area contributed by atoms with Gasteiger partial charge in [-0.2, -0.15) is 0 Å². The Morgan fingerprint density at radius 1 is 1.00 bits per heavy atom. The predicted molar refractivity (Wildman–Crippen MR) is 93.0 cm³/mol. The molecule has 6 heteroatoms. The fourth-order valence-corrected chi connectivity index (χ4v) is 2.27. The van der Waals surface area contributed by atoms with E-state index in [0.29, 0.717) is 6.07 Å². The summed E-state index contributed by atoms with van der Waals surface area (Å²) in [5.74, 6) is -2.13. The van der Waals surface area contributed by atoms with Crippen LogP contribution in [0.5, 0.6) is 0 Å². The van der Waals surface area contributed by atoms with Gasteiger partial charge in [0.15, 0.2) is 0 Å². The smallest absolute Gasteiger partial charge is 0.274 e. The number of nitrogens with zero attached hydrogens (tertiary/aromatic N) is 1. The van der Waals surface area contributed by atoms with E-state index in [1.165, 1.54) is 12.3 Å². The van der Waals surface area contributed by atoms with Crippen LogP contribution in [0, 0.1) is 18.6 Å². The Morgan fingerprint density at radius 2 is 1.84 bits per heavy atom. The number of benzene rings is 2. The summed E-state index contributed by atoms with van der Waals surface area (Å²) >= 11 is 0. The summed E-state index contributed by atoms with van der Waals surface area (Å²) < 4.78 is 26.5. The Morgan fingerprint density at radius 3 is 2.52 bits per heavy atom. The van der Waals surface area contributed by atoms with E-state index in [1.54, 1.807) is 6.07 Å². The molecule has 1 aromatic heterocycles. The second-order valence-corrected chi connectivity index (χ2v) is 5.50. The zero-order valence-corrected chi connectivity index (χ0v) is 13.4. The molecule has 0 radical (unpaired) electrons. The molecular formula is C19H15F2N3O. The van der Waals surface area contributed by atoms with Crippen molar-refractivity contribution >= 4 is 23.0 Å². The third-order valence-electron chi connectivity index (χ3n) is 3.48. The number of aryl methyl sites for hydroxylation is 1. The zero-order valence-electron chi connectivity index (χ0n) is 13.4. The topological polar surface area (TPSA) is 54.0 Å². The average Bonchev–Trinajstić information content (AvgIpc) is 2.58. The highest BCUT2D eigenvalue weighted by molar-refractivity contribution is 6.03. The van der Waals surface area contributed by atoms with Crippen molar-refractivity contribution < 1.29 is 13.6 Å². The summed E-state index contributed by atoms with van der Waals surface area (Å²) in [4.78, 5) is 16.2. The molecule has 0 bridgehead atoms. The molecule has 0 spiro atoms. The Bertz CT molecular complexity index is 911. The fraction of sp³-hybridized carbons (Fsp3) is 0.0526. The molecule has 2 aromatic carbocycles. The van der Waals surface area contributed by atoms with E-state index in [4.69, 9.17) is 0 Å². The Labute approximate surface area is 143 Å². The van der Waals surface area contributed by atoms with E-state index in [1.807, 2.05) is 31.2 Å². The van der Waals surface area contributed by atoms with Gasteiger partial charge in [0.2, 0.25) is 0 Å². The highest BCUT2D eigenvalue weighted by Crippen LogP contribution is 2.18. The first-order valence-electron chi connectivity index (χ1n) is 7.57. The maximum atomic E-state index is 13.6. The lowest BCUT2D eigenvalue weighted by Gasteiger charge is -2.08. The number of nitrogens with one attached hydrogen (secondary N) is 2. The van der Waals surface area contributed by atoms with Crippen molar-refractivity contribution in [3.05, 3.63) is 83.7 Å². The molecule has 1 heterocycles. The summed E-state index contributed by atoms with van der Waals surface area (Å²) in [7, 11) is 0. The normalized spacial score (nSPS) is 10.4. The third-order valence-corrected chi connectivity index (χ3v) is 3.48. The van der Waals surface area contributed by atoms with Gasteiger partial charge in [-0.3, -0.25) is 4.79 Å². The van der Waals surface area contributed by atoms with Gasteiger partial charge in [0.1, 0.15) is 17.3 Å². The molecule has 126 valence electrons. The monoisotopic (exact) mass is 339 g/mol. The van der Waals surface area contributed by atoms with Gasteiger partial charge in [0.05, 0.1) is 17.6 Å². The molecule has 3 aromatic rings. The lowest BCUT2D eigenvalue weighted by atomic mass is 10.2. The minimum atomic E-state index is -0.842. The Hall–Kier alpha value is -3.28.